The van der Waals surface area contributed by atoms with E-state index in [1.54, 1.807) is 22.8 Å². The lowest BCUT2D eigenvalue weighted by molar-refractivity contribution is -0.120. The molecule has 3 rings (SSSR count). The maximum absolute atomic E-state index is 12.6. The fraction of sp³-hybridized carbons (Fsp3) is 0.450. The third kappa shape index (κ3) is 5.62. The molecule has 8 nitrogen and oxygen atoms in total. The number of benzene rings is 1. The highest BCUT2D eigenvalue weighted by Crippen LogP contribution is 2.16. The van der Waals surface area contributed by atoms with Crippen LogP contribution in [0.3, 0.4) is 0 Å². The SMILES string of the molecule is CN=C(NCC(C)N(C)c1ccccc1)N1CCN(c2cnn(C)c2)C(=O)C1.I. The number of guanidine groups is 1. The summed E-state index contributed by atoms with van der Waals surface area (Å²) >= 11 is 0. The molecular weight excluding hydrogens is 481 g/mol. The third-order valence-electron chi connectivity index (χ3n) is 5.12. The molecule has 1 atom stereocenters. The summed E-state index contributed by atoms with van der Waals surface area (Å²) < 4.78 is 1.71. The van der Waals surface area contributed by atoms with Gasteiger partial charge in [0.15, 0.2) is 5.96 Å². The van der Waals surface area contributed by atoms with E-state index >= 15 is 0 Å². The number of aryl methyl sites for hydroxylation is 1. The van der Waals surface area contributed by atoms with Gasteiger partial charge in [0, 0.05) is 58.7 Å². The van der Waals surface area contributed by atoms with Gasteiger partial charge in [-0.3, -0.25) is 14.5 Å². The van der Waals surface area contributed by atoms with E-state index in [1.807, 2.05) is 36.3 Å². The third-order valence-corrected chi connectivity index (χ3v) is 5.12. The number of rotatable bonds is 5. The van der Waals surface area contributed by atoms with Gasteiger partial charge in [-0.25, -0.2) is 0 Å². The van der Waals surface area contributed by atoms with E-state index in [1.165, 1.54) is 5.69 Å². The van der Waals surface area contributed by atoms with Crippen LogP contribution in [0.2, 0.25) is 0 Å². The molecule has 2 heterocycles. The molecule has 1 aliphatic rings. The highest BCUT2D eigenvalue weighted by molar-refractivity contribution is 14.0. The van der Waals surface area contributed by atoms with E-state index in [0.29, 0.717) is 13.1 Å². The van der Waals surface area contributed by atoms with Gasteiger partial charge in [-0.05, 0) is 19.1 Å². The number of hydrogen-bond acceptors (Lipinski definition) is 4. The predicted molar refractivity (Wildman–Crippen MR) is 128 cm³/mol. The fourth-order valence-electron chi connectivity index (χ4n) is 3.30. The Bertz CT molecular complexity index is 823. The van der Waals surface area contributed by atoms with Crippen LogP contribution in [0.4, 0.5) is 11.4 Å². The normalized spacial score (nSPS) is 15.7. The number of aromatic nitrogens is 2. The number of anilines is 2. The summed E-state index contributed by atoms with van der Waals surface area (Å²) in [6.45, 7) is 4.54. The van der Waals surface area contributed by atoms with E-state index in [-0.39, 0.29) is 35.9 Å². The van der Waals surface area contributed by atoms with Crippen LogP contribution in [0.1, 0.15) is 6.92 Å². The van der Waals surface area contributed by atoms with Gasteiger partial charge in [0.05, 0.1) is 11.9 Å². The molecule has 0 spiro atoms. The average molecular weight is 511 g/mol. The zero-order chi connectivity index (χ0) is 20.1. The van der Waals surface area contributed by atoms with Gasteiger partial charge in [0.2, 0.25) is 5.91 Å². The minimum atomic E-state index is 0. The Kier molecular flexibility index (Phi) is 8.30. The molecule has 2 aromatic rings. The number of nitrogens with zero attached hydrogens (tertiary/aromatic N) is 6. The van der Waals surface area contributed by atoms with Crippen molar-refractivity contribution in [3.63, 3.8) is 0 Å². The lowest BCUT2D eigenvalue weighted by atomic mass is 10.2. The minimum absolute atomic E-state index is 0. The lowest BCUT2D eigenvalue weighted by Crippen LogP contribution is -2.56. The van der Waals surface area contributed by atoms with Crippen molar-refractivity contribution in [1.82, 2.24) is 20.0 Å². The highest BCUT2D eigenvalue weighted by Gasteiger charge is 2.27. The van der Waals surface area contributed by atoms with E-state index in [0.717, 1.165) is 24.7 Å². The Balaban J connectivity index is 0.00000300. The van der Waals surface area contributed by atoms with Crippen LogP contribution in [0.15, 0.2) is 47.7 Å². The second-order valence-electron chi connectivity index (χ2n) is 7.06. The number of para-hydroxylation sites is 1. The van der Waals surface area contributed by atoms with Crippen molar-refractivity contribution in [2.45, 2.75) is 13.0 Å². The topological polar surface area (TPSA) is 69.0 Å². The molecular formula is C20H30IN7O. The van der Waals surface area contributed by atoms with Crippen LogP contribution in [0, 0.1) is 0 Å². The van der Waals surface area contributed by atoms with Crippen molar-refractivity contribution >= 4 is 47.2 Å². The number of nitrogens with one attached hydrogen (secondary N) is 1. The van der Waals surface area contributed by atoms with Gasteiger partial charge < -0.3 is 20.0 Å². The molecule has 0 aliphatic carbocycles. The molecule has 0 bridgehead atoms. The summed E-state index contributed by atoms with van der Waals surface area (Å²) in [6, 6.07) is 10.6. The Morgan fingerprint density at radius 1 is 1.31 bits per heavy atom. The summed E-state index contributed by atoms with van der Waals surface area (Å²) in [5.74, 6) is 0.809. The molecule has 1 aromatic carbocycles. The van der Waals surface area contributed by atoms with Crippen molar-refractivity contribution in [2.24, 2.45) is 12.0 Å². The zero-order valence-electron chi connectivity index (χ0n) is 17.4. The molecule has 1 aliphatic heterocycles. The number of aliphatic imine (C=N–C) groups is 1. The van der Waals surface area contributed by atoms with Crippen LogP contribution in [0.5, 0.6) is 0 Å². The molecule has 29 heavy (non-hydrogen) atoms. The molecule has 9 heteroatoms. The van der Waals surface area contributed by atoms with Crippen molar-refractivity contribution in [1.29, 1.82) is 0 Å². The number of piperazine rings is 1. The number of amides is 1. The number of likely N-dealkylation sites (N-methyl/N-ethyl adjacent to an activating group) is 1. The Morgan fingerprint density at radius 2 is 2.03 bits per heavy atom. The monoisotopic (exact) mass is 511 g/mol. The molecule has 158 valence electrons. The van der Waals surface area contributed by atoms with Crippen molar-refractivity contribution in [3.8, 4) is 0 Å². The molecule has 1 unspecified atom stereocenters. The van der Waals surface area contributed by atoms with Crippen LogP contribution < -0.4 is 15.1 Å². The first-order valence-electron chi connectivity index (χ1n) is 9.52. The van der Waals surface area contributed by atoms with Gasteiger partial charge in [-0.15, -0.1) is 24.0 Å². The van der Waals surface area contributed by atoms with Gasteiger partial charge >= 0.3 is 0 Å². The Hall–Kier alpha value is -2.30. The first-order valence-corrected chi connectivity index (χ1v) is 9.52. The first-order chi connectivity index (χ1) is 13.5. The van der Waals surface area contributed by atoms with E-state index in [2.05, 4.69) is 46.4 Å². The fourth-order valence-corrected chi connectivity index (χ4v) is 3.30. The summed E-state index contributed by atoms with van der Waals surface area (Å²) in [5.41, 5.74) is 2.01. The minimum Gasteiger partial charge on any atom is -0.370 e. The second-order valence-corrected chi connectivity index (χ2v) is 7.06. The maximum Gasteiger partial charge on any atom is 0.246 e. The molecule has 1 saturated heterocycles. The first kappa shape index (κ1) is 23.0. The molecule has 1 fully saturated rings. The van der Waals surface area contributed by atoms with Gasteiger partial charge in [-0.1, -0.05) is 18.2 Å². The number of carbonyl (C=O) groups is 1. The molecule has 1 amide bonds. The van der Waals surface area contributed by atoms with Gasteiger partial charge in [0.1, 0.15) is 6.54 Å². The van der Waals surface area contributed by atoms with Gasteiger partial charge in [-0.2, -0.15) is 5.10 Å². The van der Waals surface area contributed by atoms with E-state index in [4.69, 9.17) is 0 Å². The summed E-state index contributed by atoms with van der Waals surface area (Å²) in [5, 5.41) is 7.57. The molecule has 0 saturated carbocycles. The maximum atomic E-state index is 12.6. The van der Waals surface area contributed by atoms with Crippen molar-refractivity contribution < 1.29 is 4.79 Å². The smallest absolute Gasteiger partial charge is 0.246 e. The zero-order valence-corrected chi connectivity index (χ0v) is 19.8. The lowest BCUT2D eigenvalue weighted by Gasteiger charge is -2.36. The van der Waals surface area contributed by atoms with Crippen LogP contribution in [-0.4, -0.2) is 72.9 Å². The van der Waals surface area contributed by atoms with Crippen molar-refractivity contribution in [2.75, 3.05) is 50.1 Å². The molecule has 0 radical (unpaired) electrons. The molecule has 1 N–H and O–H groups in total. The second kappa shape index (κ2) is 10.5. The van der Waals surface area contributed by atoms with Crippen LogP contribution >= 0.6 is 24.0 Å². The number of carbonyl (C=O) groups excluding carboxylic acids is 1. The predicted octanol–water partition coefficient (Wildman–Crippen LogP) is 1.79. The number of halogens is 1. The van der Waals surface area contributed by atoms with E-state index in [9.17, 15) is 4.79 Å². The Labute approximate surface area is 189 Å². The number of hydrogen-bond donors (Lipinski definition) is 1. The summed E-state index contributed by atoms with van der Waals surface area (Å²) in [7, 11) is 5.69. The van der Waals surface area contributed by atoms with Crippen LogP contribution in [-0.2, 0) is 11.8 Å². The van der Waals surface area contributed by atoms with E-state index < -0.39 is 0 Å². The average Bonchev–Trinajstić information content (AvgIpc) is 3.14. The Morgan fingerprint density at radius 3 is 2.62 bits per heavy atom. The van der Waals surface area contributed by atoms with Crippen LogP contribution in [0.25, 0.3) is 0 Å². The van der Waals surface area contributed by atoms with Gasteiger partial charge in [0.25, 0.3) is 0 Å². The highest BCUT2D eigenvalue weighted by atomic mass is 127. The molecule has 1 aromatic heterocycles. The largest absolute Gasteiger partial charge is 0.370 e. The standard InChI is InChI=1S/C20H29N7O.HI/c1-16(25(4)17-8-6-5-7-9-17)12-22-20(21-2)26-10-11-27(19(28)15-26)18-13-23-24(3)14-18;/h5-9,13-14,16H,10-12,15H2,1-4H3,(H,21,22);1H. The summed E-state index contributed by atoms with van der Waals surface area (Å²) in [4.78, 5) is 23.0. The van der Waals surface area contributed by atoms with Crippen molar-refractivity contribution in [3.05, 3.63) is 42.7 Å². The quantitative estimate of drug-likeness (QED) is 0.377. The summed E-state index contributed by atoms with van der Waals surface area (Å²) in [6.07, 6.45) is 3.59.